The Kier molecular flexibility index (Phi) is 5.15. The molecule has 84 valence electrons. The van der Waals surface area contributed by atoms with Gasteiger partial charge in [-0.2, -0.15) is 0 Å². The Hall–Kier alpha value is -1.06. The van der Waals surface area contributed by atoms with E-state index in [0.29, 0.717) is 12.5 Å². The van der Waals surface area contributed by atoms with Crippen LogP contribution >= 0.6 is 0 Å². The number of hydrogen-bond donors (Lipinski definition) is 2. The molecule has 1 aromatic carbocycles. The average Bonchev–Trinajstić information content (AvgIpc) is 2.25. The molecule has 0 amide bonds. The molecule has 0 heterocycles. The zero-order chi connectivity index (χ0) is 11.1. The fourth-order valence-corrected chi connectivity index (χ4v) is 1.47. The zero-order valence-electron chi connectivity index (χ0n) is 9.44. The van der Waals surface area contributed by atoms with Crippen LogP contribution in [0.5, 0.6) is 5.75 Å². The molecule has 0 saturated carbocycles. The average molecular weight is 208 g/mol. The summed E-state index contributed by atoms with van der Waals surface area (Å²) < 4.78 is 5.62. The van der Waals surface area contributed by atoms with E-state index in [1.54, 1.807) is 0 Å². The molecule has 0 aliphatic carbocycles. The van der Waals surface area contributed by atoms with Crippen LogP contribution in [-0.2, 0) is 0 Å². The van der Waals surface area contributed by atoms with E-state index in [0.717, 1.165) is 12.2 Å². The van der Waals surface area contributed by atoms with Crippen LogP contribution in [0.15, 0.2) is 30.3 Å². The second kappa shape index (κ2) is 6.43. The van der Waals surface area contributed by atoms with E-state index in [1.165, 1.54) is 0 Å². The van der Waals surface area contributed by atoms with Crippen molar-refractivity contribution in [1.29, 1.82) is 0 Å². The van der Waals surface area contributed by atoms with Gasteiger partial charge in [-0.1, -0.05) is 32.0 Å². The lowest BCUT2D eigenvalue weighted by Crippen LogP contribution is -2.40. The van der Waals surface area contributed by atoms with Gasteiger partial charge in [-0.05, 0) is 24.5 Å². The molecule has 3 heteroatoms. The Morgan fingerprint density at radius 2 is 1.93 bits per heavy atom. The van der Waals surface area contributed by atoms with Gasteiger partial charge in [-0.25, -0.2) is 0 Å². The highest BCUT2D eigenvalue weighted by Gasteiger charge is 2.09. The number of benzene rings is 1. The van der Waals surface area contributed by atoms with E-state index >= 15 is 0 Å². The van der Waals surface area contributed by atoms with Crippen molar-refractivity contribution >= 4 is 0 Å². The Labute approximate surface area is 91.6 Å². The first-order valence-electron chi connectivity index (χ1n) is 5.36. The van der Waals surface area contributed by atoms with Gasteiger partial charge in [-0.3, -0.25) is 11.3 Å². The summed E-state index contributed by atoms with van der Waals surface area (Å²) in [4.78, 5) is 0. The minimum atomic E-state index is 0.213. The lowest BCUT2D eigenvalue weighted by atomic mass is 10.1. The van der Waals surface area contributed by atoms with Gasteiger partial charge in [0.2, 0.25) is 0 Å². The number of nitrogens with two attached hydrogens (primary N) is 1. The summed E-state index contributed by atoms with van der Waals surface area (Å²) in [6, 6.07) is 10.0. The predicted octanol–water partition coefficient (Wildman–Crippen LogP) is 1.94. The number of hydrazine groups is 1. The summed E-state index contributed by atoms with van der Waals surface area (Å²) in [7, 11) is 0. The molecular weight excluding hydrogens is 188 g/mol. The molecule has 0 spiro atoms. The largest absolute Gasteiger partial charge is 0.492 e. The smallest absolute Gasteiger partial charge is 0.119 e. The van der Waals surface area contributed by atoms with Gasteiger partial charge in [0.15, 0.2) is 0 Å². The third-order valence-corrected chi connectivity index (χ3v) is 2.19. The first kappa shape index (κ1) is 12.0. The SMILES string of the molecule is CC(C)CC(COc1ccccc1)NN. The lowest BCUT2D eigenvalue weighted by Gasteiger charge is -2.18. The van der Waals surface area contributed by atoms with Gasteiger partial charge in [0.05, 0.1) is 6.04 Å². The number of para-hydroxylation sites is 1. The van der Waals surface area contributed by atoms with Crippen LogP contribution in [0.2, 0.25) is 0 Å². The molecule has 1 unspecified atom stereocenters. The summed E-state index contributed by atoms with van der Waals surface area (Å²) in [6.07, 6.45) is 1.02. The maximum absolute atomic E-state index is 5.62. The lowest BCUT2D eigenvalue weighted by molar-refractivity contribution is 0.245. The second-order valence-corrected chi connectivity index (χ2v) is 4.12. The van der Waals surface area contributed by atoms with Gasteiger partial charge in [-0.15, -0.1) is 0 Å². The number of rotatable bonds is 6. The standard InChI is InChI=1S/C12H20N2O/c1-10(2)8-11(14-13)9-15-12-6-4-3-5-7-12/h3-7,10-11,14H,8-9,13H2,1-2H3. The maximum atomic E-state index is 5.62. The number of hydrogen-bond acceptors (Lipinski definition) is 3. The Morgan fingerprint density at radius 1 is 1.27 bits per heavy atom. The zero-order valence-corrected chi connectivity index (χ0v) is 9.44. The highest BCUT2D eigenvalue weighted by molar-refractivity contribution is 5.20. The summed E-state index contributed by atoms with van der Waals surface area (Å²) in [5, 5.41) is 0. The topological polar surface area (TPSA) is 47.3 Å². The molecule has 0 aliphatic rings. The molecule has 3 nitrogen and oxygen atoms in total. The molecule has 3 N–H and O–H groups in total. The van der Waals surface area contributed by atoms with Gasteiger partial charge in [0.25, 0.3) is 0 Å². The van der Waals surface area contributed by atoms with Crippen molar-refractivity contribution in [3.8, 4) is 5.75 Å². The molecule has 1 rings (SSSR count). The minimum Gasteiger partial charge on any atom is -0.492 e. The molecule has 0 fully saturated rings. The normalized spacial score (nSPS) is 12.8. The molecule has 1 atom stereocenters. The summed E-state index contributed by atoms with van der Waals surface area (Å²) in [6.45, 7) is 4.96. The quantitative estimate of drug-likeness (QED) is 0.555. The third kappa shape index (κ3) is 4.81. The number of nitrogens with one attached hydrogen (secondary N) is 1. The Balaban J connectivity index is 2.34. The van der Waals surface area contributed by atoms with Gasteiger partial charge in [0.1, 0.15) is 12.4 Å². The van der Waals surface area contributed by atoms with Crippen molar-refractivity contribution in [1.82, 2.24) is 5.43 Å². The highest BCUT2D eigenvalue weighted by Crippen LogP contribution is 2.10. The molecular formula is C12H20N2O. The van der Waals surface area contributed by atoms with Crippen molar-refractivity contribution in [3.63, 3.8) is 0 Å². The van der Waals surface area contributed by atoms with Crippen LogP contribution in [0.1, 0.15) is 20.3 Å². The van der Waals surface area contributed by atoms with E-state index < -0.39 is 0 Å². The van der Waals surface area contributed by atoms with Crippen LogP contribution in [0.25, 0.3) is 0 Å². The van der Waals surface area contributed by atoms with Gasteiger partial charge in [0, 0.05) is 0 Å². The monoisotopic (exact) mass is 208 g/mol. The minimum absolute atomic E-state index is 0.213. The molecule has 15 heavy (non-hydrogen) atoms. The van der Waals surface area contributed by atoms with Crippen molar-refractivity contribution in [2.24, 2.45) is 11.8 Å². The van der Waals surface area contributed by atoms with Crippen LogP contribution in [0.4, 0.5) is 0 Å². The van der Waals surface area contributed by atoms with E-state index in [4.69, 9.17) is 10.6 Å². The van der Waals surface area contributed by atoms with E-state index in [9.17, 15) is 0 Å². The first-order chi connectivity index (χ1) is 7.22. The molecule has 1 aromatic rings. The van der Waals surface area contributed by atoms with Crippen molar-refractivity contribution in [2.45, 2.75) is 26.3 Å². The predicted molar refractivity (Wildman–Crippen MR) is 62.5 cm³/mol. The van der Waals surface area contributed by atoms with Crippen LogP contribution in [0, 0.1) is 5.92 Å². The molecule has 0 saturated heterocycles. The fraction of sp³-hybridized carbons (Fsp3) is 0.500. The van der Waals surface area contributed by atoms with Crippen molar-refractivity contribution in [3.05, 3.63) is 30.3 Å². The second-order valence-electron chi connectivity index (χ2n) is 4.12. The Bertz CT molecular complexity index is 262. The van der Waals surface area contributed by atoms with Gasteiger partial charge < -0.3 is 4.74 Å². The molecule has 0 bridgehead atoms. The fourth-order valence-electron chi connectivity index (χ4n) is 1.47. The van der Waals surface area contributed by atoms with Crippen LogP contribution in [0.3, 0.4) is 0 Å². The summed E-state index contributed by atoms with van der Waals surface area (Å²) >= 11 is 0. The Morgan fingerprint density at radius 3 is 2.47 bits per heavy atom. The van der Waals surface area contributed by atoms with Crippen molar-refractivity contribution < 1.29 is 4.74 Å². The van der Waals surface area contributed by atoms with E-state index in [1.807, 2.05) is 30.3 Å². The summed E-state index contributed by atoms with van der Waals surface area (Å²) in [5.74, 6) is 6.96. The van der Waals surface area contributed by atoms with E-state index in [-0.39, 0.29) is 6.04 Å². The number of ether oxygens (including phenoxy) is 1. The van der Waals surface area contributed by atoms with Gasteiger partial charge >= 0.3 is 0 Å². The molecule has 0 aliphatic heterocycles. The summed E-state index contributed by atoms with van der Waals surface area (Å²) in [5.41, 5.74) is 2.78. The molecule has 0 radical (unpaired) electrons. The van der Waals surface area contributed by atoms with Crippen LogP contribution in [-0.4, -0.2) is 12.6 Å². The van der Waals surface area contributed by atoms with Crippen LogP contribution < -0.4 is 16.0 Å². The van der Waals surface area contributed by atoms with E-state index in [2.05, 4.69) is 19.3 Å². The maximum Gasteiger partial charge on any atom is 0.119 e. The first-order valence-corrected chi connectivity index (χ1v) is 5.36. The highest BCUT2D eigenvalue weighted by atomic mass is 16.5. The third-order valence-electron chi connectivity index (χ3n) is 2.19. The molecule has 0 aromatic heterocycles. The van der Waals surface area contributed by atoms with Crippen molar-refractivity contribution in [2.75, 3.05) is 6.61 Å².